The van der Waals surface area contributed by atoms with Crippen LogP contribution in [0.1, 0.15) is 75.1 Å². The molecular formula is C41H56N10O5S2. The van der Waals surface area contributed by atoms with Crippen LogP contribution < -0.4 is 30.3 Å². The second kappa shape index (κ2) is 21.2. The van der Waals surface area contributed by atoms with Gasteiger partial charge in [0.05, 0.1) is 11.5 Å². The van der Waals surface area contributed by atoms with Crippen molar-refractivity contribution >= 4 is 49.0 Å². The highest BCUT2D eigenvalue weighted by Gasteiger charge is 2.26. The van der Waals surface area contributed by atoms with Crippen LogP contribution in [0.4, 0.5) is 23.0 Å². The van der Waals surface area contributed by atoms with Gasteiger partial charge < -0.3 is 20.9 Å². The minimum atomic E-state index is -3.25. The molecule has 2 aromatic heterocycles. The summed E-state index contributed by atoms with van der Waals surface area (Å²) in [6.07, 6.45) is 10.4. The molecule has 2 saturated heterocycles. The Bertz CT molecular complexity index is 2210. The molecule has 15 nitrogen and oxygen atoms in total. The minimum absolute atomic E-state index is 0.0847. The number of hydrogen-bond donors (Lipinski definition) is 4. The molecule has 1 amide bonds. The molecule has 2 aromatic carbocycles. The van der Waals surface area contributed by atoms with Gasteiger partial charge in [-0.1, -0.05) is 56.8 Å². The van der Waals surface area contributed by atoms with E-state index in [1.165, 1.54) is 6.08 Å². The molecule has 2 fully saturated rings. The van der Waals surface area contributed by atoms with Gasteiger partial charge in [0.2, 0.25) is 26.0 Å². The summed E-state index contributed by atoms with van der Waals surface area (Å²) in [4.78, 5) is 34.1. The van der Waals surface area contributed by atoms with Crippen molar-refractivity contribution in [1.82, 2.24) is 29.4 Å². The average molecular weight is 833 g/mol. The highest BCUT2D eigenvalue weighted by molar-refractivity contribution is 7.89. The number of anilines is 4. The van der Waals surface area contributed by atoms with E-state index < -0.39 is 20.0 Å². The van der Waals surface area contributed by atoms with Crippen molar-refractivity contribution in [1.29, 1.82) is 0 Å². The van der Waals surface area contributed by atoms with E-state index in [0.29, 0.717) is 56.1 Å². The number of rotatable bonds is 16. The lowest BCUT2D eigenvalue weighted by molar-refractivity contribution is -0.111. The summed E-state index contributed by atoms with van der Waals surface area (Å²) in [6.45, 7) is 10.1. The number of sulfonamides is 2. The first-order chi connectivity index (χ1) is 27.9. The molecule has 17 heteroatoms. The molecular weight excluding hydrogens is 777 g/mol. The van der Waals surface area contributed by atoms with Crippen molar-refractivity contribution in [3.63, 3.8) is 0 Å². The van der Waals surface area contributed by atoms with Crippen molar-refractivity contribution in [2.75, 3.05) is 58.5 Å². The van der Waals surface area contributed by atoms with E-state index in [1.807, 2.05) is 74.5 Å². The second-order valence-electron chi connectivity index (χ2n) is 14.5. The first kappa shape index (κ1) is 44.1. The highest BCUT2D eigenvalue weighted by Crippen LogP contribution is 2.23. The Kier molecular flexibility index (Phi) is 16.1. The van der Waals surface area contributed by atoms with Crippen molar-refractivity contribution < 1.29 is 21.6 Å². The number of piperidine rings is 2. The standard InChI is InChI=1S/C22H29N5O3S.C19H27N5O2S/c1-3-14-31(29,30)26-18-9-7-13-27(16-18)21-11-12-23-20(25-21)15-17-8-5-6-10-19(17)24-22(28)4-2;1-2-12-27(25,26)23-16-7-5-11-24(14-16)19-9-10-21-18(22-19)13-15-6-3-4-8-17(15)20/h4-6,8,10-12,18,26H,2-3,7,9,13-16H2,1H3,(H,24,28);3-4,6,8-10,16,23H,2,5,7,11-14,20H2,1H3. The predicted octanol–water partition coefficient (Wildman–Crippen LogP) is 4.44. The Morgan fingerprint density at radius 1 is 0.759 bits per heavy atom. The number of carbonyl (C=O) groups is 1. The maximum absolute atomic E-state index is 12.1. The number of nitrogens with zero attached hydrogens (tertiary/aromatic N) is 6. The van der Waals surface area contributed by atoms with Gasteiger partial charge in [-0.15, -0.1) is 0 Å². The molecule has 2 aliphatic heterocycles. The molecule has 4 aromatic rings. The first-order valence-electron chi connectivity index (χ1n) is 19.8. The Morgan fingerprint density at radius 3 is 1.74 bits per heavy atom. The molecule has 0 bridgehead atoms. The van der Waals surface area contributed by atoms with Crippen LogP contribution in [0.3, 0.4) is 0 Å². The summed E-state index contributed by atoms with van der Waals surface area (Å²) in [6, 6.07) is 18.7. The van der Waals surface area contributed by atoms with Crippen LogP contribution in [-0.2, 0) is 37.7 Å². The fourth-order valence-electron chi connectivity index (χ4n) is 7.04. The van der Waals surface area contributed by atoms with E-state index in [0.717, 1.165) is 67.2 Å². The number of para-hydroxylation sites is 2. The second-order valence-corrected chi connectivity index (χ2v) is 18.3. The summed E-state index contributed by atoms with van der Waals surface area (Å²) < 4.78 is 54.1. The van der Waals surface area contributed by atoms with E-state index in [4.69, 9.17) is 10.7 Å². The van der Waals surface area contributed by atoms with Gasteiger partial charge >= 0.3 is 0 Å². The van der Waals surface area contributed by atoms with E-state index in [-0.39, 0.29) is 29.5 Å². The van der Waals surface area contributed by atoms with Crippen LogP contribution in [0.2, 0.25) is 0 Å². The minimum Gasteiger partial charge on any atom is -0.398 e. The zero-order chi connectivity index (χ0) is 41.5. The predicted molar refractivity (Wildman–Crippen MR) is 231 cm³/mol. The molecule has 5 N–H and O–H groups in total. The Morgan fingerprint density at radius 2 is 1.24 bits per heavy atom. The van der Waals surface area contributed by atoms with Gasteiger partial charge in [-0.2, -0.15) is 0 Å². The van der Waals surface area contributed by atoms with E-state index >= 15 is 0 Å². The molecule has 312 valence electrons. The molecule has 4 heterocycles. The molecule has 0 saturated carbocycles. The van der Waals surface area contributed by atoms with Gasteiger partial charge in [-0.3, -0.25) is 4.79 Å². The normalized spacial score (nSPS) is 17.2. The van der Waals surface area contributed by atoms with Gasteiger partial charge in [0.25, 0.3) is 0 Å². The molecule has 0 radical (unpaired) electrons. The third-order valence-corrected chi connectivity index (χ3v) is 13.0. The SMILES string of the molecule is C=CC(=O)Nc1ccccc1Cc1nccc(N2CCCC(NS(=O)(=O)CCC)C2)n1.CCCS(=O)(=O)NC1CCCN(c2ccnc(Cc3ccccc3N)n2)C1. The van der Waals surface area contributed by atoms with Gasteiger partial charge in [0.1, 0.15) is 23.3 Å². The number of hydrogen-bond acceptors (Lipinski definition) is 12. The maximum atomic E-state index is 12.1. The number of nitrogen functional groups attached to an aromatic ring is 1. The van der Waals surface area contributed by atoms with Crippen molar-refractivity contribution in [2.24, 2.45) is 0 Å². The van der Waals surface area contributed by atoms with Crippen molar-refractivity contribution in [2.45, 2.75) is 77.3 Å². The largest absolute Gasteiger partial charge is 0.398 e. The number of amides is 1. The van der Waals surface area contributed by atoms with Gasteiger partial charge in [0.15, 0.2) is 0 Å². The van der Waals surface area contributed by atoms with Crippen LogP contribution >= 0.6 is 0 Å². The van der Waals surface area contributed by atoms with Crippen LogP contribution in [-0.4, -0.2) is 92.4 Å². The zero-order valence-electron chi connectivity index (χ0n) is 33.4. The number of benzene rings is 2. The topological polar surface area (TPSA) is 206 Å². The van der Waals surface area contributed by atoms with Crippen LogP contribution in [0.15, 0.2) is 85.7 Å². The summed E-state index contributed by atoms with van der Waals surface area (Å²) in [7, 11) is -6.47. The lowest BCUT2D eigenvalue weighted by atomic mass is 10.1. The average Bonchev–Trinajstić information content (AvgIpc) is 3.20. The summed E-state index contributed by atoms with van der Waals surface area (Å²) in [5.41, 5.74) is 9.35. The smallest absolute Gasteiger partial charge is 0.247 e. The zero-order valence-corrected chi connectivity index (χ0v) is 35.0. The molecule has 2 atom stereocenters. The van der Waals surface area contributed by atoms with Crippen LogP contribution in [0.5, 0.6) is 0 Å². The third kappa shape index (κ3) is 13.6. The Labute approximate surface area is 343 Å². The lowest BCUT2D eigenvalue weighted by Crippen LogP contribution is -2.48. The molecule has 58 heavy (non-hydrogen) atoms. The van der Waals surface area contributed by atoms with Gasteiger partial charge in [-0.25, -0.2) is 46.2 Å². The third-order valence-electron chi connectivity index (χ3n) is 9.72. The summed E-state index contributed by atoms with van der Waals surface area (Å²) >= 11 is 0. The van der Waals surface area contributed by atoms with Crippen LogP contribution in [0.25, 0.3) is 0 Å². The maximum Gasteiger partial charge on any atom is 0.247 e. The molecule has 6 rings (SSSR count). The summed E-state index contributed by atoms with van der Waals surface area (Å²) in [5.74, 6) is 2.98. The van der Waals surface area contributed by atoms with E-state index in [1.54, 1.807) is 12.4 Å². The highest BCUT2D eigenvalue weighted by atomic mass is 32.2. The molecule has 0 aliphatic carbocycles. The monoisotopic (exact) mass is 832 g/mol. The van der Waals surface area contributed by atoms with E-state index in [9.17, 15) is 21.6 Å². The fraction of sp³-hybridized carbons (Fsp3) is 0.439. The number of nitrogens with two attached hydrogens (primary N) is 1. The quantitative estimate of drug-likeness (QED) is 0.0914. The van der Waals surface area contributed by atoms with Crippen molar-refractivity contribution in [3.8, 4) is 0 Å². The first-order valence-corrected chi connectivity index (χ1v) is 23.2. The Balaban J connectivity index is 0.000000223. The number of carbonyl (C=O) groups excluding carboxylic acids is 1. The Hall–Kier alpha value is -4.97. The van der Waals surface area contributed by atoms with Crippen LogP contribution in [0, 0.1) is 0 Å². The van der Waals surface area contributed by atoms with Gasteiger partial charge in [-0.05, 0) is 80.0 Å². The van der Waals surface area contributed by atoms with E-state index in [2.05, 4.69) is 46.1 Å². The fourth-order valence-corrected chi connectivity index (χ4v) is 9.75. The molecule has 2 aliphatic rings. The molecule has 2 unspecified atom stereocenters. The number of nitrogens with one attached hydrogen (secondary N) is 3. The van der Waals surface area contributed by atoms with Gasteiger partial charge in [0, 0.05) is 74.9 Å². The van der Waals surface area contributed by atoms with Crippen molar-refractivity contribution in [3.05, 3.63) is 108 Å². The molecule has 0 spiro atoms. The lowest BCUT2D eigenvalue weighted by Gasteiger charge is -2.33. The number of aromatic nitrogens is 4. The summed E-state index contributed by atoms with van der Waals surface area (Å²) in [5, 5.41) is 2.81.